The van der Waals surface area contributed by atoms with Crippen LogP contribution in [0.5, 0.6) is 5.75 Å². The Kier molecular flexibility index (Phi) is 5.23. The van der Waals surface area contributed by atoms with Crippen LogP contribution in [0, 0.1) is 6.92 Å². The van der Waals surface area contributed by atoms with Crippen molar-refractivity contribution in [3.63, 3.8) is 0 Å². The predicted octanol–water partition coefficient (Wildman–Crippen LogP) is 1.89. The number of carbonyl (C=O) groups excluding carboxylic acids is 1. The normalized spacial score (nSPS) is 19.4. The zero-order valence-electron chi connectivity index (χ0n) is 14.5. The maximum Gasteiger partial charge on any atom is 0.335 e. The molecule has 0 bridgehead atoms. The molecule has 2 N–H and O–H groups in total. The number of hydrogen-bond acceptors (Lipinski definition) is 4. The Balaban J connectivity index is 1.64. The summed E-state index contributed by atoms with van der Waals surface area (Å²) >= 11 is 0. The molecule has 0 saturated carbocycles. The summed E-state index contributed by atoms with van der Waals surface area (Å²) in [5.41, 5.74) is 2.13. The number of hydrogen-bond donors (Lipinski definition) is 2. The molecule has 1 heterocycles. The number of likely N-dealkylation sites (tertiary alicyclic amines) is 1. The second-order valence-electron chi connectivity index (χ2n) is 6.46. The molecule has 1 aliphatic heterocycles. The highest BCUT2D eigenvalue weighted by atomic mass is 16.5. The van der Waals surface area contributed by atoms with Crippen LogP contribution in [0.3, 0.4) is 0 Å². The number of aliphatic hydroxyl groups is 1. The average molecular weight is 355 g/mol. The van der Waals surface area contributed by atoms with E-state index in [0.717, 1.165) is 11.1 Å². The maximum atomic E-state index is 12.5. The van der Waals surface area contributed by atoms with Crippen molar-refractivity contribution in [2.75, 3.05) is 13.1 Å². The van der Waals surface area contributed by atoms with Gasteiger partial charge in [0.2, 0.25) is 5.91 Å². The summed E-state index contributed by atoms with van der Waals surface area (Å²) in [4.78, 5) is 25.2. The Labute approximate surface area is 151 Å². The third-order valence-corrected chi connectivity index (χ3v) is 4.56. The number of carbonyl (C=O) groups is 2. The molecule has 1 amide bonds. The van der Waals surface area contributed by atoms with E-state index in [0.29, 0.717) is 5.75 Å². The van der Waals surface area contributed by atoms with E-state index in [9.17, 15) is 14.7 Å². The van der Waals surface area contributed by atoms with Gasteiger partial charge < -0.3 is 19.8 Å². The topological polar surface area (TPSA) is 87.1 Å². The second kappa shape index (κ2) is 7.58. The van der Waals surface area contributed by atoms with E-state index in [-0.39, 0.29) is 31.0 Å². The Morgan fingerprint density at radius 2 is 1.92 bits per heavy atom. The first-order chi connectivity index (χ1) is 12.4. The number of β-amino-alcohol motifs (C(OH)–C–C–N with tert-alkyl or cyclic N) is 1. The van der Waals surface area contributed by atoms with Crippen molar-refractivity contribution >= 4 is 11.9 Å². The lowest BCUT2D eigenvalue weighted by Crippen LogP contribution is -2.32. The van der Waals surface area contributed by atoms with Crippen LogP contribution >= 0.6 is 0 Å². The first-order valence-electron chi connectivity index (χ1n) is 8.44. The molecule has 2 atom stereocenters. The zero-order valence-corrected chi connectivity index (χ0v) is 14.5. The van der Waals surface area contributed by atoms with E-state index in [4.69, 9.17) is 9.84 Å². The van der Waals surface area contributed by atoms with E-state index in [1.165, 1.54) is 12.1 Å². The van der Waals surface area contributed by atoms with E-state index in [2.05, 4.69) is 0 Å². The fourth-order valence-electron chi connectivity index (χ4n) is 3.04. The molecule has 2 aromatic rings. The predicted molar refractivity (Wildman–Crippen MR) is 95.3 cm³/mol. The van der Waals surface area contributed by atoms with Gasteiger partial charge in [-0.3, -0.25) is 4.79 Å². The lowest BCUT2D eigenvalue weighted by molar-refractivity contribution is -0.129. The Morgan fingerprint density at radius 1 is 1.15 bits per heavy atom. The minimum atomic E-state index is -1.04. The summed E-state index contributed by atoms with van der Waals surface area (Å²) in [7, 11) is 0. The fraction of sp³-hybridized carbons (Fsp3) is 0.300. The van der Waals surface area contributed by atoms with Gasteiger partial charge in [0.05, 0.1) is 25.1 Å². The molecule has 6 nitrogen and oxygen atoms in total. The van der Waals surface area contributed by atoms with Crippen LogP contribution in [-0.2, 0) is 11.2 Å². The summed E-state index contributed by atoms with van der Waals surface area (Å²) in [5, 5.41) is 19.3. The highest BCUT2D eigenvalue weighted by Gasteiger charge is 2.35. The molecule has 26 heavy (non-hydrogen) atoms. The van der Waals surface area contributed by atoms with E-state index in [1.54, 1.807) is 17.0 Å². The largest absolute Gasteiger partial charge is 0.486 e. The first kappa shape index (κ1) is 17.9. The number of carboxylic acid groups (broad SMARTS) is 1. The van der Waals surface area contributed by atoms with Crippen LogP contribution < -0.4 is 4.74 Å². The van der Waals surface area contributed by atoms with Gasteiger partial charge in [-0.15, -0.1) is 0 Å². The molecule has 1 aliphatic rings. The molecule has 0 aliphatic carbocycles. The number of rotatable bonds is 5. The van der Waals surface area contributed by atoms with Crippen LogP contribution in [0.1, 0.15) is 21.5 Å². The number of aromatic carboxylic acids is 1. The van der Waals surface area contributed by atoms with Gasteiger partial charge in [-0.1, -0.05) is 30.3 Å². The summed E-state index contributed by atoms with van der Waals surface area (Å²) in [6.45, 7) is 2.43. The summed E-state index contributed by atoms with van der Waals surface area (Å²) in [6, 6.07) is 13.8. The lowest BCUT2D eigenvalue weighted by Gasteiger charge is -2.18. The van der Waals surface area contributed by atoms with Gasteiger partial charge in [0.25, 0.3) is 0 Å². The Morgan fingerprint density at radius 3 is 2.65 bits per heavy atom. The number of aryl methyl sites for hydroxylation is 1. The van der Waals surface area contributed by atoms with Gasteiger partial charge in [0.1, 0.15) is 18.0 Å². The minimum absolute atomic E-state index is 0.0660. The van der Waals surface area contributed by atoms with E-state index >= 15 is 0 Å². The summed E-state index contributed by atoms with van der Waals surface area (Å²) in [5.74, 6) is -0.747. The minimum Gasteiger partial charge on any atom is -0.486 e. The highest BCUT2D eigenvalue weighted by molar-refractivity contribution is 5.88. The number of amides is 1. The summed E-state index contributed by atoms with van der Waals surface area (Å²) in [6.07, 6.45) is -1.12. The first-order valence-corrected chi connectivity index (χ1v) is 8.44. The number of aliphatic hydroxyl groups excluding tert-OH is 1. The highest BCUT2D eigenvalue weighted by Crippen LogP contribution is 2.21. The fourth-order valence-corrected chi connectivity index (χ4v) is 3.04. The van der Waals surface area contributed by atoms with Gasteiger partial charge in [-0.25, -0.2) is 4.79 Å². The van der Waals surface area contributed by atoms with Crippen molar-refractivity contribution in [1.82, 2.24) is 4.90 Å². The van der Waals surface area contributed by atoms with Gasteiger partial charge in [0, 0.05) is 0 Å². The van der Waals surface area contributed by atoms with Crippen molar-refractivity contribution in [3.05, 3.63) is 65.2 Å². The maximum absolute atomic E-state index is 12.5. The molecule has 6 heteroatoms. The van der Waals surface area contributed by atoms with E-state index in [1.807, 2.05) is 31.2 Å². The monoisotopic (exact) mass is 355 g/mol. The molecule has 1 saturated heterocycles. The smallest absolute Gasteiger partial charge is 0.335 e. The van der Waals surface area contributed by atoms with Gasteiger partial charge in [0.15, 0.2) is 0 Å². The van der Waals surface area contributed by atoms with Crippen LogP contribution in [0.2, 0.25) is 0 Å². The van der Waals surface area contributed by atoms with Crippen molar-refractivity contribution in [1.29, 1.82) is 0 Å². The van der Waals surface area contributed by atoms with Crippen LogP contribution in [0.25, 0.3) is 0 Å². The van der Waals surface area contributed by atoms with Gasteiger partial charge >= 0.3 is 5.97 Å². The zero-order chi connectivity index (χ0) is 18.7. The van der Waals surface area contributed by atoms with Crippen molar-refractivity contribution < 1.29 is 24.5 Å². The molecule has 0 spiro atoms. The molecular weight excluding hydrogens is 334 g/mol. The number of benzene rings is 2. The van der Waals surface area contributed by atoms with Crippen LogP contribution in [0.4, 0.5) is 0 Å². The van der Waals surface area contributed by atoms with Crippen molar-refractivity contribution in [3.8, 4) is 5.75 Å². The molecule has 136 valence electrons. The third kappa shape index (κ3) is 4.03. The Hall–Kier alpha value is -2.86. The quantitative estimate of drug-likeness (QED) is 0.855. The molecule has 2 aromatic carbocycles. The van der Waals surface area contributed by atoms with Gasteiger partial charge in [-0.2, -0.15) is 0 Å². The third-order valence-electron chi connectivity index (χ3n) is 4.56. The lowest BCUT2D eigenvalue weighted by atomic mass is 10.1. The van der Waals surface area contributed by atoms with Crippen molar-refractivity contribution in [2.24, 2.45) is 0 Å². The summed E-state index contributed by atoms with van der Waals surface area (Å²) < 4.78 is 5.73. The number of carboxylic acids is 1. The Bertz CT molecular complexity index is 819. The molecular formula is C20H21NO5. The SMILES string of the molecule is Cc1ccccc1CC(=O)N1C[C@@H](O)[C@H](Oc2cccc(C(=O)O)c2)C1. The standard InChI is InChI=1S/C20H21NO5/c1-13-5-2-3-6-14(13)10-19(23)21-11-17(22)18(12-21)26-16-8-4-7-15(9-16)20(24)25/h2-9,17-18,22H,10-12H2,1H3,(H,24,25)/t17-,18-/m1/s1. The van der Waals surface area contributed by atoms with Crippen LogP contribution in [0.15, 0.2) is 48.5 Å². The molecule has 0 unspecified atom stereocenters. The number of nitrogens with zero attached hydrogens (tertiary/aromatic N) is 1. The average Bonchev–Trinajstić information content (AvgIpc) is 2.98. The molecule has 0 radical (unpaired) electrons. The van der Waals surface area contributed by atoms with Crippen LogP contribution in [-0.4, -0.2) is 52.3 Å². The van der Waals surface area contributed by atoms with Gasteiger partial charge in [-0.05, 0) is 36.2 Å². The second-order valence-corrected chi connectivity index (χ2v) is 6.46. The molecule has 1 fully saturated rings. The van der Waals surface area contributed by atoms with Crippen molar-refractivity contribution in [2.45, 2.75) is 25.6 Å². The molecule has 3 rings (SSSR count). The van der Waals surface area contributed by atoms with E-state index < -0.39 is 18.2 Å². The molecule has 0 aromatic heterocycles. The number of ether oxygens (including phenoxy) is 1.